The van der Waals surface area contributed by atoms with Gasteiger partial charge in [-0.1, -0.05) is 136 Å². The molecule has 0 aliphatic rings. The molecule has 4 heteroatoms. The Morgan fingerprint density at radius 3 is 0.895 bits per heavy atom. The van der Waals surface area contributed by atoms with E-state index in [1.807, 2.05) is 0 Å². The van der Waals surface area contributed by atoms with E-state index >= 15 is 0 Å². The molecule has 0 aliphatic heterocycles. The Hall–Kier alpha value is 0.880. The molecule has 0 atom stereocenters. The van der Waals surface area contributed by atoms with Gasteiger partial charge < -0.3 is 43.3 Å². The predicted octanol–water partition coefficient (Wildman–Crippen LogP) is 3.62. The molecule has 0 aromatic heterocycles. The number of halogens is 2. The Balaban J connectivity index is -0.000000303. The first kappa shape index (κ1) is 45.9. The molecule has 0 saturated heterocycles. The number of hydrogen-bond donors (Lipinski definition) is 1. The molecule has 38 heavy (non-hydrogen) atoms. The number of rotatable bonds is 27. The normalized spacial score (nSPS) is 11.1. The second kappa shape index (κ2) is 37.9. The van der Waals surface area contributed by atoms with Gasteiger partial charge in [-0.15, -0.1) is 0 Å². The van der Waals surface area contributed by atoms with Gasteiger partial charge in [-0.2, -0.15) is 0 Å². The average Bonchev–Trinajstić information content (AvgIpc) is 2.84. The van der Waals surface area contributed by atoms with Crippen LogP contribution in [0.4, 0.5) is 0 Å². The van der Waals surface area contributed by atoms with Crippen molar-refractivity contribution in [3.63, 3.8) is 0 Å². The van der Waals surface area contributed by atoms with E-state index < -0.39 is 0 Å². The van der Waals surface area contributed by atoms with Gasteiger partial charge in [0.1, 0.15) is 0 Å². The van der Waals surface area contributed by atoms with Gasteiger partial charge in [0.25, 0.3) is 0 Å². The summed E-state index contributed by atoms with van der Waals surface area (Å²) < 4.78 is 1.24. The number of nitrogens with zero attached hydrogens (tertiary/aromatic N) is 1. The van der Waals surface area contributed by atoms with Gasteiger partial charge in [0.2, 0.25) is 0 Å². The topological polar surface area (TPSA) is 4.44 Å². The molecule has 236 valence electrons. The fourth-order valence-corrected chi connectivity index (χ4v) is 5.07. The van der Waals surface area contributed by atoms with E-state index in [2.05, 4.69) is 49.0 Å². The molecule has 0 aliphatic carbocycles. The van der Waals surface area contributed by atoms with Crippen LogP contribution in [0.5, 0.6) is 0 Å². The summed E-state index contributed by atoms with van der Waals surface area (Å²) in [5, 5.41) is 0. The number of unbranched alkanes of at least 4 members (excludes halogenated alkanes) is 21. The van der Waals surface area contributed by atoms with Crippen molar-refractivity contribution >= 4 is 0 Å². The molecule has 0 aromatic rings. The van der Waals surface area contributed by atoms with Gasteiger partial charge in [-0.05, 0) is 38.5 Å². The van der Waals surface area contributed by atoms with E-state index in [-0.39, 0.29) is 34.0 Å². The zero-order valence-electron chi connectivity index (χ0n) is 27.8. The van der Waals surface area contributed by atoms with Crippen LogP contribution >= 0.6 is 0 Å². The monoisotopic (exact) mass is 670 g/mol. The second-order valence-corrected chi connectivity index (χ2v) is 12.8. The molecule has 0 fully saturated rings. The van der Waals surface area contributed by atoms with Crippen molar-refractivity contribution in [1.29, 1.82) is 0 Å². The van der Waals surface area contributed by atoms with Crippen LogP contribution in [-0.2, 0) is 0 Å². The molecule has 0 rings (SSSR count). The third-order valence-corrected chi connectivity index (χ3v) is 7.76. The fraction of sp³-hybridized carbons (Fsp3) is 1.00. The van der Waals surface area contributed by atoms with Crippen LogP contribution in [0.3, 0.4) is 0 Å². The maximum Gasteiger partial charge on any atom is 0.0782 e. The lowest BCUT2D eigenvalue weighted by Crippen LogP contribution is -3.05. The van der Waals surface area contributed by atoms with Crippen molar-refractivity contribution in [2.75, 3.05) is 47.8 Å². The van der Waals surface area contributed by atoms with Crippen LogP contribution in [0.25, 0.3) is 0 Å². The van der Waals surface area contributed by atoms with E-state index in [1.165, 1.54) is 178 Å². The summed E-state index contributed by atoms with van der Waals surface area (Å²) in [4.78, 5) is 1.59. The molecule has 0 spiro atoms. The first-order chi connectivity index (χ1) is 17.4. The Morgan fingerprint density at radius 1 is 0.368 bits per heavy atom. The van der Waals surface area contributed by atoms with Crippen LogP contribution < -0.4 is 38.9 Å². The lowest BCUT2D eigenvalue weighted by Gasteiger charge is -2.30. The lowest BCUT2D eigenvalue weighted by atomic mass is 10.1. The first-order valence-electron chi connectivity index (χ1n) is 17.0. The largest absolute Gasteiger partial charge is 1.00 e. The van der Waals surface area contributed by atoms with Gasteiger partial charge in [-0.25, -0.2) is 0 Å². The molecule has 0 heterocycles. The smallest absolute Gasteiger partial charge is 0.0782 e. The van der Waals surface area contributed by atoms with Crippen molar-refractivity contribution in [3.8, 4) is 0 Å². The minimum Gasteiger partial charge on any atom is -1.00 e. The molecule has 0 unspecified atom stereocenters. The van der Waals surface area contributed by atoms with Crippen molar-refractivity contribution in [2.24, 2.45) is 0 Å². The third kappa shape index (κ3) is 43.9. The first-order valence-corrected chi connectivity index (χ1v) is 17.0. The summed E-state index contributed by atoms with van der Waals surface area (Å²) in [7, 11) is 9.32. The minimum absolute atomic E-state index is 0. The summed E-state index contributed by atoms with van der Waals surface area (Å²) in [5.74, 6) is 0. The summed E-state index contributed by atoms with van der Waals surface area (Å²) in [5.41, 5.74) is 0. The summed E-state index contributed by atoms with van der Waals surface area (Å²) in [6, 6.07) is 0. The summed E-state index contributed by atoms with van der Waals surface area (Å²) in [6.07, 6.45) is 34.5. The van der Waals surface area contributed by atoms with E-state index in [1.54, 1.807) is 4.90 Å². The van der Waals surface area contributed by atoms with Crippen molar-refractivity contribution < 1.29 is 43.3 Å². The van der Waals surface area contributed by atoms with Gasteiger partial charge in [-0.3, -0.25) is 0 Å². The summed E-state index contributed by atoms with van der Waals surface area (Å²) >= 11 is 0. The molecule has 0 bridgehead atoms. The van der Waals surface area contributed by atoms with Crippen LogP contribution in [0, 0.1) is 0 Å². The third-order valence-electron chi connectivity index (χ3n) is 7.76. The highest BCUT2D eigenvalue weighted by Crippen LogP contribution is 2.13. The molecule has 1 N–H and O–H groups in total. The Bertz CT molecular complexity index is 389. The van der Waals surface area contributed by atoms with Gasteiger partial charge in [0, 0.05) is 0 Å². The van der Waals surface area contributed by atoms with Gasteiger partial charge >= 0.3 is 0 Å². The fourth-order valence-electron chi connectivity index (χ4n) is 5.07. The van der Waals surface area contributed by atoms with E-state index in [0.29, 0.717) is 0 Å². The number of hydrogen-bond acceptors (Lipinski definition) is 0. The van der Waals surface area contributed by atoms with Crippen LogP contribution in [0.15, 0.2) is 0 Å². The maximum absolute atomic E-state index is 2.42. The minimum atomic E-state index is 0. The van der Waals surface area contributed by atoms with E-state index in [0.717, 1.165) is 0 Å². The highest BCUT2D eigenvalue weighted by molar-refractivity contribution is 4.49. The van der Waals surface area contributed by atoms with E-state index in [9.17, 15) is 0 Å². The lowest BCUT2D eigenvalue weighted by molar-refractivity contribution is -0.890. The number of nitrogens with one attached hydrogen (secondary N) is 1. The van der Waals surface area contributed by atoms with Gasteiger partial charge in [0.05, 0.1) is 47.8 Å². The van der Waals surface area contributed by atoms with Crippen molar-refractivity contribution in [1.82, 2.24) is 0 Å². The Kier molecular flexibility index (Phi) is 45.7. The Labute approximate surface area is 265 Å². The highest BCUT2D eigenvalue weighted by atomic mass is 79.9. The average molecular weight is 673 g/mol. The standard InChI is InChI=1S/C20H44N.C14H31N.2BrH/c1-5-7-9-11-12-13-14-15-16-18-20-21(3,4)19-17-10-8-6-2;1-4-5-6-7-8-9-10-11-12-13-14-15(2)3;;/h5-20H2,1-4H3;4-14H2,1-3H3;2*1H/q+1;;;/p-1. The van der Waals surface area contributed by atoms with Crippen molar-refractivity contribution in [2.45, 2.75) is 175 Å². The molecule has 0 amide bonds. The molecule has 0 radical (unpaired) electrons. The van der Waals surface area contributed by atoms with Crippen LogP contribution in [-0.4, -0.2) is 52.3 Å². The Morgan fingerprint density at radius 2 is 0.605 bits per heavy atom. The van der Waals surface area contributed by atoms with Gasteiger partial charge in [0.15, 0.2) is 0 Å². The molecule has 0 saturated carbocycles. The van der Waals surface area contributed by atoms with E-state index in [4.69, 9.17) is 0 Å². The van der Waals surface area contributed by atoms with Crippen LogP contribution in [0.2, 0.25) is 0 Å². The van der Waals surface area contributed by atoms with Crippen molar-refractivity contribution in [3.05, 3.63) is 0 Å². The maximum atomic E-state index is 2.42. The van der Waals surface area contributed by atoms with Crippen LogP contribution in [0.1, 0.15) is 175 Å². The molecule has 2 nitrogen and oxygen atoms in total. The highest BCUT2D eigenvalue weighted by Gasteiger charge is 2.13. The second-order valence-electron chi connectivity index (χ2n) is 12.8. The zero-order chi connectivity index (χ0) is 27.2. The quantitative estimate of drug-likeness (QED) is 0.101. The molecular formula is C34H76Br2N2. The SMILES string of the molecule is CCCCCCCCCCCC[N+](C)(C)CCCCCC.CCCCCCCCCCCC[NH+](C)C.[Br-].[Br-]. The summed E-state index contributed by atoms with van der Waals surface area (Å²) in [6.45, 7) is 11.0. The number of quaternary nitrogens is 2. The molecule has 0 aromatic carbocycles. The predicted molar refractivity (Wildman–Crippen MR) is 167 cm³/mol. The molecular weight excluding hydrogens is 596 g/mol. The zero-order valence-corrected chi connectivity index (χ0v) is 31.0.